The van der Waals surface area contributed by atoms with Gasteiger partial charge in [0.1, 0.15) is 10.8 Å². The summed E-state index contributed by atoms with van der Waals surface area (Å²) in [6.45, 7) is 4.05. The summed E-state index contributed by atoms with van der Waals surface area (Å²) < 4.78 is 7.04. The molecule has 0 saturated carbocycles. The predicted molar refractivity (Wildman–Crippen MR) is 104 cm³/mol. The summed E-state index contributed by atoms with van der Waals surface area (Å²) in [5.41, 5.74) is 3.14. The molecule has 1 amide bonds. The highest BCUT2D eigenvalue weighted by molar-refractivity contribution is 7.98. The summed E-state index contributed by atoms with van der Waals surface area (Å²) in [5.74, 6) is 1.87. The summed E-state index contributed by atoms with van der Waals surface area (Å²) in [6, 6.07) is 9.17. The largest absolute Gasteiger partial charge is 0.361 e. The van der Waals surface area contributed by atoms with Gasteiger partial charge in [0.05, 0.1) is 17.8 Å². The van der Waals surface area contributed by atoms with Gasteiger partial charge in [0.25, 0.3) is 5.91 Å². The van der Waals surface area contributed by atoms with Gasteiger partial charge in [-0.1, -0.05) is 11.2 Å². The standard InChI is InChI=1S/C19H18N6O2S/c1-12-15(13(2)27-24-12)11-28-19-14(6-5-8-20-19)18(26)21-10-17-23-22-16-7-3-4-9-25(16)17/h3-9H,10-11H2,1-2H3,(H,21,26). The molecule has 4 heterocycles. The molecular formula is C19H18N6O2S. The zero-order valence-corrected chi connectivity index (χ0v) is 16.2. The van der Waals surface area contributed by atoms with Crippen LogP contribution >= 0.6 is 11.8 Å². The molecule has 0 fully saturated rings. The quantitative estimate of drug-likeness (QED) is 0.502. The Balaban J connectivity index is 1.47. The van der Waals surface area contributed by atoms with Gasteiger partial charge < -0.3 is 9.84 Å². The van der Waals surface area contributed by atoms with Crippen LogP contribution in [0.15, 0.2) is 52.3 Å². The zero-order chi connectivity index (χ0) is 19.5. The summed E-state index contributed by atoms with van der Waals surface area (Å²) in [5, 5.41) is 15.8. The fraction of sp³-hybridized carbons (Fsp3) is 0.211. The van der Waals surface area contributed by atoms with Crippen molar-refractivity contribution in [3.8, 4) is 0 Å². The van der Waals surface area contributed by atoms with Crippen molar-refractivity contribution in [3.05, 3.63) is 71.1 Å². The molecule has 0 radical (unpaired) electrons. The maximum absolute atomic E-state index is 12.7. The number of nitrogens with one attached hydrogen (secondary N) is 1. The van der Waals surface area contributed by atoms with Gasteiger partial charge in [-0.3, -0.25) is 9.20 Å². The molecule has 4 aromatic rings. The molecule has 0 aliphatic carbocycles. The van der Waals surface area contributed by atoms with E-state index in [4.69, 9.17) is 4.52 Å². The number of carbonyl (C=O) groups excluding carboxylic acids is 1. The number of rotatable bonds is 6. The number of thioether (sulfide) groups is 1. The monoisotopic (exact) mass is 394 g/mol. The minimum absolute atomic E-state index is 0.206. The number of pyridine rings is 2. The van der Waals surface area contributed by atoms with Crippen LogP contribution in [-0.4, -0.2) is 30.6 Å². The molecule has 0 atom stereocenters. The van der Waals surface area contributed by atoms with Crippen molar-refractivity contribution in [2.24, 2.45) is 0 Å². The van der Waals surface area contributed by atoms with E-state index in [-0.39, 0.29) is 12.5 Å². The average molecular weight is 394 g/mol. The number of hydrogen-bond donors (Lipinski definition) is 1. The van der Waals surface area contributed by atoms with Crippen LogP contribution in [0.2, 0.25) is 0 Å². The second-order valence-electron chi connectivity index (χ2n) is 6.18. The molecule has 0 spiro atoms. The van der Waals surface area contributed by atoms with Crippen molar-refractivity contribution in [2.45, 2.75) is 31.2 Å². The van der Waals surface area contributed by atoms with Crippen molar-refractivity contribution >= 4 is 23.3 Å². The van der Waals surface area contributed by atoms with E-state index in [2.05, 4.69) is 25.7 Å². The molecule has 8 nitrogen and oxygen atoms in total. The molecule has 0 saturated heterocycles. The highest BCUT2D eigenvalue weighted by Gasteiger charge is 2.16. The number of nitrogens with zero attached hydrogens (tertiary/aromatic N) is 5. The summed E-state index contributed by atoms with van der Waals surface area (Å²) in [7, 11) is 0. The van der Waals surface area contributed by atoms with Gasteiger partial charge in [0, 0.05) is 23.7 Å². The molecule has 0 aliphatic heterocycles. The van der Waals surface area contributed by atoms with E-state index in [9.17, 15) is 4.79 Å². The highest BCUT2D eigenvalue weighted by atomic mass is 32.2. The molecular weight excluding hydrogens is 376 g/mol. The third-order valence-electron chi connectivity index (χ3n) is 4.34. The molecule has 0 bridgehead atoms. The van der Waals surface area contributed by atoms with Gasteiger partial charge in [0.2, 0.25) is 0 Å². The first-order valence-corrected chi connectivity index (χ1v) is 9.68. The van der Waals surface area contributed by atoms with Gasteiger partial charge in [-0.25, -0.2) is 4.98 Å². The van der Waals surface area contributed by atoms with Crippen LogP contribution in [0.1, 0.15) is 33.2 Å². The minimum Gasteiger partial charge on any atom is -0.361 e. The third kappa shape index (κ3) is 3.61. The fourth-order valence-corrected chi connectivity index (χ4v) is 3.94. The van der Waals surface area contributed by atoms with E-state index in [1.807, 2.05) is 42.6 Å². The Labute approximate surface area is 165 Å². The number of amides is 1. The number of aromatic nitrogens is 5. The number of carbonyl (C=O) groups is 1. The highest BCUT2D eigenvalue weighted by Crippen LogP contribution is 2.27. The molecule has 0 aliphatic rings. The lowest BCUT2D eigenvalue weighted by Crippen LogP contribution is -2.24. The maximum atomic E-state index is 12.7. The Bertz CT molecular complexity index is 1120. The van der Waals surface area contributed by atoms with Gasteiger partial charge in [-0.15, -0.1) is 22.0 Å². The lowest BCUT2D eigenvalue weighted by Gasteiger charge is -2.08. The van der Waals surface area contributed by atoms with E-state index < -0.39 is 0 Å². The summed E-state index contributed by atoms with van der Waals surface area (Å²) in [6.07, 6.45) is 3.55. The Morgan fingerprint density at radius 1 is 1.21 bits per heavy atom. The summed E-state index contributed by atoms with van der Waals surface area (Å²) in [4.78, 5) is 17.1. The molecule has 1 N–H and O–H groups in total. The number of aryl methyl sites for hydroxylation is 2. The van der Waals surface area contributed by atoms with Crippen LogP contribution in [0.25, 0.3) is 5.65 Å². The second kappa shape index (κ2) is 7.81. The number of hydrogen-bond acceptors (Lipinski definition) is 7. The lowest BCUT2D eigenvalue weighted by atomic mass is 10.2. The van der Waals surface area contributed by atoms with Crippen LogP contribution < -0.4 is 5.32 Å². The van der Waals surface area contributed by atoms with Crippen LogP contribution in [0.3, 0.4) is 0 Å². The molecule has 142 valence electrons. The van der Waals surface area contributed by atoms with Crippen LogP contribution in [-0.2, 0) is 12.3 Å². The maximum Gasteiger partial charge on any atom is 0.254 e. The van der Waals surface area contributed by atoms with Crippen LogP contribution in [0, 0.1) is 13.8 Å². The predicted octanol–water partition coefficient (Wildman–Crippen LogP) is 2.95. The van der Waals surface area contributed by atoms with Crippen LogP contribution in [0.5, 0.6) is 0 Å². The van der Waals surface area contributed by atoms with Gasteiger partial charge in [-0.05, 0) is 38.1 Å². The Morgan fingerprint density at radius 3 is 2.93 bits per heavy atom. The van der Waals surface area contributed by atoms with E-state index in [0.29, 0.717) is 22.2 Å². The molecule has 28 heavy (non-hydrogen) atoms. The van der Waals surface area contributed by atoms with Crippen LogP contribution in [0.4, 0.5) is 0 Å². The van der Waals surface area contributed by atoms with E-state index in [0.717, 1.165) is 22.7 Å². The first-order valence-electron chi connectivity index (χ1n) is 8.70. The van der Waals surface area contributed by atoms with Crippen molar-refractivity contribution in [1.29, 1.82) is 0 Å². The SMILES string of the molecule is Cc1noc(C)c1CSc1ncccc1C(=O)NCc1nnc2ccccn12. The van der Waals surface area contributed by atoms with Gasteiger partial charge in [-0.2, -0.15) is 0 Å². The third-order valence-corrected chi connectivity index (χ3v) is 5.37. The summed E-state index contributed by atoms with van der Waals surface area (Å²) >= 11 is 1.48. The van der Waals surface area contributed by atoms with E-state index in [1.54, 1.807) is 18.3 Å². The topological polar surface area (TPSA) is 98.2 Å². The van der Waals surface area contributed by atoms with Gasteiger partial charge in [0.15, 0.2) is 11.5 Å². The Hall–Kier alpha value is -3.20. The lowest BCUT2D eigenvalue weighted by molar-refractivity contribution is 0.0946. The van der Waals surface area contributed by atoms with Gasteiger partial charge >= 0.3 is 0 Å². The number of fused-ring (bicyclic) bond motifs is 1. The Morgan fingerprint density at radius 2 is 2.11 bits per heavy atom. The molecule has 4 aromatic heterocycles. The van der Waals surface area contributed by atoms with Crippen molar-refractivity contribution in [1.82, 2.24) is 30.1 Å². The van der Waals surface area contributed by atoms with Crippen molar-refractivity contribution in [3.63, 3.8) is 0 Å². The van der Waals surface area contributed by atoms with E-state index in [1.165, 1.54) is 11.8 Å². The van der Waals surface area contributed by atoms with E-state index >= 15 is 0 Å². The molecule has 9 heteroatoms. The van der Waals surface area contributed by atoms with Crippen molar-refractivity contribution < 1.29 is 9.32 Å². The normalized spacial score (nSPS) is 11.1. The smallest absolute Gasteiger partial charge is 0.254 e. The molecule has 0 aromatic carbocycles. The first kappa shape index (κ1) is 18.2. The fourth-order valence-electron chi connectivity index (χ4n) is 2.79. The zero-order valence-electron chi connectivity index (χ0n) is 15.4. The average Bonchev–Trinajstić information content (AvgIpc) is 3.28. The molecule has 4 rings (SSSR count). The second-order valence-corrected chi connectivity index (χ2v) is 7.14. The Kier molecular flexibility index (Phi) is 5.07. The van der Waals surface area contributed by atoms with Crippen molar-refractivity contribution in [2.75, 3.05) is 0 Å². The minimum atomic E-state index is -0.206. The molecule has 0 unspecified atom stereocenters. The first-order chi connectivity index (χ1) is 13.6.